The highest BCUT2D eigenvalue weighted by Gasteiger charge is 2.32. The van der Waals surface area contributed by atoms with Crippen molar-refractivity contribution in [2.24, 2.45) is 5.92 Å². The van der Waals surface area contributed by atoms with E-state index in [9.17, 15) is 17.6 Å². The molecule has 0 saturated carbocycles. The molecule has 0 radical (unpaired) electrons. The second-order valence-corrected chi connectivity index (χ2v) is 8.52. The van der Waals surface area contributed by atoms with Crippen LogP contribution < -0.4 is 10.1 Å². The zero-order valence-electron chi connectivity index (χ0n) is 15.6. The van der Waals surface area contributed by atoms with Crippen LogP contribution in [0.4, 0.5) is 10.1 Å². The summed E-state index contributed by atoms with van der Waals surface area (Å²) in [6, 6.07) is 11.9. The van der Waals surface area contributed by atoms with Gasteiger partial charge in [0, 0.05) is 30.8 Å². The first-order chi connectivity index (χ1) is 13.4. The Labute approximate surface area is 164 Å². The fourth-order valence-electron chi connectivity index (χ4n) is 3.19. The third-order valence-electron chi connectivity index (χ3n) is 4.69. The molecule has 1 fully saturated rings. The zero-order chi connectivity index (χ0) is 20.1. The summed E-state index contributed by atoms with van der Waals surface area (Å²) in [5.41, 5.74) is 0.650. The van der Waals surface area contributed by atoms with Crippen molar-refractivity contribution < 1.29 is 22.3 Å². The van der Waals surface area contributed by atoms with Gasteiger partial charge in [-0.15, -0.1) is 0 Å². The van der Waals surface area contributed by atoms with E-state index in [4.69, 9.17) is 4.74 Å². The van der Waals surface area contributed by atoms with Crippen LogP contribution in [-0.4, -0.2) is 38.3 Å². The van der Waals surface area contributed by atoms with E-state index < -0.39 is 15.8 Å². The van der Waals surface area contributed by atoms with Crippen LogP contribution in [0.1, 0.15) is 19.8 Å². The standard InChI is InChI=1S/C20H23FN2O4S/c1-2-27-18-5-3-4-17(14-18)22-20(24)15-10-12-23(13-11-15)28(25,26)19-8-6-16(21)7-9-19/h3-9,14-15H,2,10-13H2,1H3,(H,22,24). The molecule has 0 atom stereocenters. The van der Waals surface area contributed by atoms with Gasteiger partial charge >= 0.3 is 0 Å². The number of amides is 1. The Morgan fingerprint density at radius 3 is 2.50 bits per heavy atom. The fourth-order valence-corrected chi connectivity index (χ4v) is 4.66. The molecule has 8 heteroatoms. The molecule has 0 aliphatic carbocycles. The summed E-state index contributed by atoms with van der Waals surface area (Å²) in [4.78, 5) is 12.6. The Hall–Kier alpha value is -2.45. The number of nitrogens with one attached hydrogen (secondary N) is 1. The van der Waals surface area contributed by atoms with E-state index in [0.717, 1.165) is 12.1 Å². The van der Waals surface area contributed by atoms with Crippen LogP contribution in [0, 0.1) is 11.7 Å². The molecular weight excluding hydrogens is 383 g/mol. The smallest absolute Gasteiger partial charge is 0.243 e. The lowest BCUT2D eigenvalue weighted by Crippen LogP contribution is -2.41. The minimum atomic E-state index is -3.68. The summed E-state index contributed by atoms with van der Waals surface area (Å²) in [7, 11) is -3.68. The van der Waals surface area contributed by atoms with E-state index in [1.807, 2.05) is 13.0 Å². The first-order valence-electron chi connectivity index (χ1n) is 9.19. The quantitative estimate of drug-likeness (QED) is 0.799. The molecule has 1 heterocycles. The normalized spacial score (nSPS) is 15.9. The lowest BCUT2D eigenvalue weighted by atomic mass is 9.97. The van der Waals surface area contributed by atoms with Gasteiger partial charge in [-0.05, 0) is 56.2 Å². The largest absolute Gasteiger partial charge is 0.494 e. The molecule has 3 rings (SSSR count). The van der Waals surface area contributed by atoms with E-state index in [0.29, 0.717) is 30.9 Å². The van der Waals surface area contributed by atoms with Crippen molar-refractivity contribution >= 4 is 21.6 Å². The third-order valence-corrected chi connectivity index (χ3v) is 6.60. The molecule has 150 valence electrons. The number of halogens is 1. The van der Waals surface area contributed by atoms with Gasteiger partial charge in [0.05, 0.1) is 11.5 Å². The molecule has 6 nitrogen and oxygen atoms in total. The minimum absolute atomic E-state index is 0.0598. The number of rotatable bonds is 6. The lowest BCUT2D eigenvalue weighted by molar-refractivity contribution is -0.120. The van der Waals surface area contributed by atoms with Crippen LogP contribution >= 0.6 is 0 Å². The summed E-state index contributed by atoms with van der Waals surface area (Å²) >= 11 is 0. The number of ether oxygens (including phenoxy) is 1. The number of carbonyl (C=O) groups excluding carboxylic acids is 1. The number of nitrogens with zero attached hydrogens (tertiary/aromatic N) is 1. The number of hydrogen-bond donors (Lipinski definition) is 1. The second-order valence-electron chi connectivity index (χ2n) is 6.58. The van der Waals surface area contributed by atoms with Gasteiger partial charge in [-0.3, -0.25) is 4.79 Å². The molecule has 1 N–H and O–H groups in total. The van der Waals surface area contributed by atoms with Crippen LogP contribution in [0.3, 0.4) is 0 Å². The maximum atomic E-state index is 13.0. The Morgan fingerprint density at radius 2 is 1.86 bits per heavy atom. The van der Waals surface area contributed by atoms with Crippen molar-refractivity contribution in [2.75, 3.05) is 25.0 Å². The first kappa shape index (κ1) is 20.3. The average Bonchev–Trinajstić information content (AvgIpc) is 2.69. The number of anilines is 1. The minimum Gasteiger partial charge on any atom is -0.494 e. The van der Waals surface area contributed by atoms with Crippen molar-refractivity contribution in [2.45, 2.75) is 24.7 Å². The molecular formula is C20H23FN2O4S. The molecule has 0 aromatic heterocycles. The Bertz CT molecular complexity index is 923. The van der Waals surface area contributed by atoms with Crippen LogP contribution in [0.25, 0.3) is 0 Å². The summed E-state index contributed by atoms with van der Waals surface area (Å²) in [5, 5.41) is 2.87. The van der Waals surface area contributed by atoms with Crippen LogP contribution in [0.5, 0.6) is 5.75 Å². The van der Waals surface area contributed by atoms with E-state index in [1.54, 1.807) is 18.2 Å². The molecule has 0 bridgehead atoms. The van der Waals surface area contributed by atoms with Gasteiger partial charge in [-0.2, -0.15) is 4.31 Å². The highest BCUT2D eigenvalue weighted by molar-refractivity contribution is 7.89. The number of benzene rings is 2. The van der Waals surface area contributed by atoms with Crippen molar-refractivity contribution in [3.63, 3.8) is 0 Å². The molecule has 0 spiro atoms. The first-order valence-corrected chi connectivity index (χ1v) is 10.6. The van der Waals surface area contributed by atoms with Gasteiger partial charge in [0.15, 0.2) is 0 Å². The van der Waals surface area contributed by atoms with E-state index >= 15 is 0 Å². The second kappa shape index (κ2) is 8.70. The molecule has 28 heavy (non-hydrogen) atoms. The summed E-state index contributed by atoms with van der Waals surface area (Å²) in [5.74, 6) is -0.203. The van der Waals surface area contributed by atoms with Gasteiger partial charge in [0.1, 0.15) is 11.6 Å². The Balaban J connectivity index is 1.59. The van der Waals surface area contributed by atoms with Gasteiger partial charge in [-0.25, -0.2) is 12.8 Å². The van der Waals surface area contributed by atoms with Gasteiger partial charge < -0.3 is 10.1 Å². The van der Waals surface area contributed by atoms with Crippen molar-refractivity contribution in [3.05, 3.63) is 54.3 Å². The van der Waals surface area contributed by atoms with E-state index in [1.165, 1.54) is 16.4 Å². The predicted octanol–water partition coefficient (Wildman–Crippen LogP) is 3.26. The summed E-state index contributed by atoms with van der Waals surface area (Å²) < 4.78 is 45.1. The zero-order valence-corrected chi connectivity index (χ0v) is 16.4. The molecule has 0 unspecified atom stereocenters. The van der Waals surface area contributed by atoms with Crippen LogP contribution in [0.2, 0.25) is 0 Å². The van der Waals surface area contributed by atoms with Gasteiger partial charge in [0.2, 0.25) is 15.9 Å². The van der Waals surface area contributed by atoms with E-state index in [2.05, 4.69) is 5.32 Å². The number of hydrogen-bond acceptors (Lipinski definition) is 4. The molecule has 1 saturated heterocycles. The summed E-state index contributed by atoms with van der Waals surface area (Å²) in [6.07, 6.45) is 0.856. The maximum absolute atomic E-state index is 13.0. The lowest BCUT2D eigenvalue weighted by Gasteiger charge is -2.30. The van der Waals surface area contributed by atoms with Crippen LogP contribution in [-0.2, 0) is 14.8 Å². The fraction of sp³-hybridized carbons (Fsp3) is 0.350. The Kier molecular flexibility index (Phi) is 6.31. The van der Waals surface area contributed by atoms with Gasteiger partial charge in [0.25, 0.3) is 0 Å². The van der Waals surface area contributed by atoms with Gasteiger partial charge in [-0.1, -0.05) is 6.07 Å². The van der Waals surface area contributed by atoms with E-state index in [-0.39, 0.29) is 29.8 Å². The molecule has 2 aromatic carbocycles. The Morgan fingerprint density at radius 1 is 1.18 bits per heavy atom. The monoisotopic (exact) mass is 406 g/mol. The molecule has 1 amide bonds. The number of carbonyl (C=O) groups is 1. The van der Waals surface area contributed by atoms with Crippen molar-refractivity contribution in [3.8, 4) is 5.75 Å². The molecule has 2 aromatic rings. The molecule has 1 aliphatic heterocycles. The maximum Gasteiger partial charge on any atom is 0.243 e. The van der Waals surface area contributed by atoms with Crippen LogP contribution in [0.15, 0.2) is 53.4 Å². The number of sulfonamides is 1. The third kappa shape index (κ3) is 4.69. The van der Waals surface area contributed by atoms with Crippen molar-refractivity contribution in [1.82, 2.24) is 4.31 Å². The highest BCUT2D eigenvalue weighted by atomic mass is 32.2. The average molecular weight is 406 g/mol. The predicted molar refractivity (Wildman–Crippen MR) is 104 cm³/mol. The molecule has 1 aliphatic rings. The van der Waals surface area contributed by atoms with Crippen molar-refractivity contribution in [1.29, 1.82) is 0 Å². The topological polar surface area (TPSA) is 75.7 Å². The summed E-state index contributed by atoms with van der Waals surface area (Å²) in [6.45, 7) is 2.92. The number of piperidine rings is 1. The SMILES string of the molecule is CCOc1cccc(NC(=O)C2CCN(S(=O)(=O)c3ccc(F)cc3)CC2)c1. The highest BCUT2D eigenvalue weighted by Crippen LogP contribution is 2.25.